The first kappa shape index (κ1) is 13.1. The van der Waals surface area contributed by atoms with Crippen LogP contribution in [0.25, 0.3) is 0 Å². The molecule has 2 rings (SSSR count). The van der Waals surface area contributed by atoms with E-state index < -0.39 is 0 Å². The first-order chi connectivity index (χ1) is 8.66. The van der Waals surface area contributed by atoms with Gasteiger partial charge in [0.1, 0.15) is 5.82 Å². The van der Waals surface area contributed by atoms with Gasteiger partial charge in [-0.15, -0.1) is 0 Å². The van der Waals surface area contributed by atoms with E-state index in [9.17, 15) is 4.39 Å². The molecule has 0 amide bonds. The minimum absolute atomic E-state index is 0.264. The minimum Gasteiger partial charge on any atom is -0.397 e. The molecule has 0 unspecified atom stereocenters. The molecule has 100 valence electrons. The normalized spacial score (nSPS) is 16.1. The van der Waals surface area contributed by atoms with Crippen molar-refractivity contribution in [2.75, 3.05) is 24.2 Å². The van der Waals surface area contributed by atoms with Crippen LogP contribution in [0.4, 0.5) is 15.8 Å². The highest BCUT2D eigenvalue weighted by Crippen LogP contribution is 2.23. The summed E-state index contributed by atoms with van der Waals surface area (Å²) in [4.78, 5) is 0. The Bertz CT molecular complexity index is 403. The Morgan fingerprint density at radius 3 is 2.83 bits per heavy atom. The first-order valence-electron chi connectivity index (χ1n) is 6.58. The Morgan fingerprint density at radius 1 is 1.39 bits per heavy atom. The molecule has 0 heterocycles. The maximum absolute atomic E-state index is 13.2. The van der Waals surface area contributed by atoms with Crippen LogP contribution in [0.15, 0.2) is 12.1 Å². The lowest BCUT2D eigenvalue weighted by molar-refractivity contribution is 0.0659. The lowest BCUT2D eigenvalue weighted by Gasteiger charge is -2.13. The lowest BCUT2D eigenvalue weighted by atomic mass is 10.2. The largest absolute Gasteiger partial charge is 0.397 e. The maximum atomic E-state index is 13.2. The molecule has 0 radical (unpaired) electrons. The van der Waals surface area contributed by atoms with Crippen LogP contribution in [0.2, 0.25) is 0 Å². The molecule has 0 spiro atoms. The number of nitrogen functional groups attached to an aromatic ring is 1. The van der Waals surface area contributed by atoms with Gasteiger partial charge in [-0.05, 0) is 37.5 Å². The number of anilines is 2. The van der Waals surface area contributed by atoms with Crippen LogP contribution in [-0.4, -0.2) is 19.3 Å². The smallest absolute Gasteiger partial charge is 0.128 e. The fourth-order valence-electron chi connectivity index (χ4n) is 2.32. The molecule has 3 nitrogen and oxygen atoms in total. The molecular formula is C14H21FN2O. The summed E-state index contributed by atoms with van der Waals surface area (Å²) >= 11 is 0. The van der Waals surface area contributed by atoms with Crippen molar-refractivity contribution in [1.82, 2.24) is 0 Å². The van der Waals surface area contributed by atoms with Crippen molar-refractivity contribution >= 4 is 11.4 Å². The second-order valence-corrected chi connectivity index (χ2v) is 4.89. The third-order valence-corrected chi connectivity index (χ3v) is 3.40. The topological polar surface area (TPSA) is 47.3 Å². The number of halogens is 1. The van der Waals surface area contributed by atoms with Gasteiger partial charge in [-0.3, -0.25) is 0 Å². The summed E-state index contributed by atoms with van der Waals surface area (Å²) in [6.07, 6.45) is 5.35. The highest BCUT2D eigenvalue weighted by Gasteiger charge is 2.14. The molecule has 1 fully saturated rings. The number of benzene rings is 1. The second kappa shape index (κ2) is 6.05. The van der Waals surface area contributed by atoms with Gasteiger partial charge < -0.3 is 15.8 Å². The fraction of sp³-hybridized carbons (Fsp3) is 0.571. The highest BCUT2D eigenvalue weighted by molar-refractivity contribution is 5.67. The highest BCUT2D eigenvalue weighted by atomic mass is 19.1. The zero-order valence-electron chi connectivity index (χ0n) is 10.8. The van der Waals surface area contributed by atoms with E-state index in [4.69, 9.17) is 10.5 Å². The van der Waals surface area contributed by atoms with E-state index in [0.717, 1.165) is 5.69 Å². The van der Waals surface area contributed by atoms with Gasteiger partial charge in [0.2, 0.25) is 0 Å². The third-order valence-electron chi connectivity index (χ3n) is 3.40. The van der Waals surface area contributed by atoms with E-state index in [-0.39, 0.29) is 5.82 Å². The minimum atomic E-state index is -0.264. The van der Waals surface area contributed by atoms with E-state index >= 15 is 0 Å². The van der Waals surface area contributed by atoms with E-state index in [2.05, 4.69) is 5.32 Å². The van der Waals surface area contributed by atoms with E-state index in [0.29, 0.717) is 30.5 Å². The van der Waals surface area contributed by atoms with Crippen molar-refractivity contribution in [1.29, 1.82) is 0 Å². The Labute approximate surface area is 108 Å². The second-order valence-electron chi connectivity index (χ2n) is 4.89. The van der Waals surface area contributed by atoms with Gasteiger partial charge in [-0.25, -0.2) is 4.39 Å². The van der Waals surface area contributed by atoms with Crippen LogP contribution in [0.1, 0.15) is 31.2 Å². The number of aryl methyl sites for hydroxylation is 1. The van der Waals surface area contributed by atoms with Crippen molar-refractivity contribution in [2.24, 2.45) is 0 Å². The van der Waals surface area contributed by atoms with Gasteiger partial charge in [0.05, 0.1) is 24.1 Å². The predicted octanol–water partition coefficient (Wildman–Crippen LogP) is 3.09. The summed E-state index contributed by atoms with van der Waals surface area (Å²) in [6.45, 7) is 3.10. The SMILES string of the molecule is Cc1cc(NCCOC2CCCC2)c(N)cc1F. The molecular weight excluding hydrogens is 231 g/mol. The molecule has 1 aliphatic rings. The molecule has 18 heavy (non-hydrogen) atoms. The molecule has 1 aromatic carbocycles. The maximum Gasteiger partial charge on any atom is 0.128 e. The standard InChI is InChI=1S/C14H21FN2O/c1-10-8-14(13(16)9-12(10)15)17-6-7-18-11-4-2-3-5-11/h8-9,11,17H,2-7,16H2,1H3. The molecule has 1 aromatic rings. The van der Waals surface area contributed by atoms with Crippen molar-refractivity contribution in [3.05, 3.63) is 23.5 Å². The Balaban J connectivity index is 1.77. The number of rotatable bonds is 5. The van der Waals surface area contributed by atoms with Gasteiger partial charge in [0.15, 0.2) is 0 Å². The van der Waals surface area contributed by atoms with Crippen molar-refractivity contribution in [2.45, 2.75) is 38.7 Å². The lowest BCUT2D eigenvalue weighted by Crippen LogP contribution is -2.16. The van der Waals surface area contributed by atoms with Crippen LogP contribution < -0.4 is 11.1 Å². The summed E-state index contributed by atoms with van der Waals surface area (Å²) in [7, 11) is 0. The predicted molar refractivity (Wildman–Crippen MR) is 72.2 cm³/mol. The molecule has 0 atom stereocenters. The summed E-state index contributed by atoms with van der Waals surface area (Å²) in [5.41, 5.74) is 7.58. The molecule has 4 heteroatoms. The number of nitrogens with two attached hydrogens (primary N) is 1. The monoisotopic (exact) mass is 252 g/mol. The number of nitrogens with one attached hydrogen (secondary N) is 1. The molecule has 0 aliphatic heterocycles. The average Bonchev–Trinajstić information content (AvgIpc) is 2.84. The van der Waals surface area contributed by atoms with Crippen molar-refractivity contribution in [3.63, 3.8) is 0 Å². The van der Waals surface area contributed by atoms with Crippen LogP contribution in [0, 0.1) is 12.7 Å². The quantitative estimate of drug-likeness (QED) is 0.625. The number of ether oxygens (including phenoxy) is 1. The summed E-state index contributed by atoms with van der Waals surface area (Å²) in [5.74, 6) is -0.264. The molecule has 1 aliphatic carbocycles. The van der Waals surface area contributed by atoms with Gasteiger partial charge in [-0.2, -0.15) is 0 Å². The van der Waals surface area contributed by atoms with Gasteiger partial charge >= 0.3 is 0 Å². The number of hydrogen-bond donors (Lipinski definition) is 2. The summed E-state index contributed by atoms with van der Waals surface area (Å²) in [6, 6.07) is 3.09. The zero-order chi connectivity index (χ0) is 13.0. The van der Waals surface area contributed by atoms with Crippen molar-refractivity contribution < 1.29 is 9.13 Å². The van der Waals surface area contributed by atoms with E-state index in [1.165, 1.54) is 31.7 Å². The van der Waals surface area contributed by atoms with Gasteiger partial charge in [0.25, 0.3) is 0 Å². The van der Waals surface area contributed by atoms with E-state index in [1.54, 1.807) is 13.0 Å². The Kier molecular flexibility index (Phi) is 4.42. The van der Waals surface area contributed by atoms with Crippen LogP contribution >= 0.6 is 0 Å². The Morgan fingerprint density at radius 2 is 2.11 bits per heavy atom. The Hall–Kier alpha value is -1.29. The first-order valence-corrected chi connectivity index (χ1v) is 6.58. The zero-order valence-corrected chi connectivity index (χ0v) is 10.8. The molecule has 3 N–H and O–H groups in total. The molecule has 1 saturated carbocycles. The van der Waals surface area contributed by atoms with Crippen LogP contribution in [-0.2, 0) is 4.74 Å². The van der Waals surface area contributed by atoms with Gasteiger partial charge in [0, 0.05) is 6.54 Å². The summed E-state index contributed by atoms with van der Waals surface area (Å²) < 4.78 is 19.0. The molecule has 0 bridgehead atoms. The fourth-order valence-corrected chi connectivity index (χ4v) is 2.32. The van der Waals surface area contributed by atoms with Crippen LogP contribution in [0.5, 0.6) is 0 Å². The van der Waals surface area contributed by atoms with Crippen LogP contribution in [0.3, 0.4) is 0 Å². The average molecular weight is 252 g/mol. The van der Waals surface area contributed by atoms with Crippen molar-refractivity contribution in [3.8, 4) is 0 Å². The van der Waals surface area contributed by atoms with E-state index in [1.807, 2.05) is 0 Å². The number of hydrogen-bond acceptors (Lipinski definition) is 3. The molecule has 0 aromatic heterocycles. The third kappa shape index (κ3) is 3.35. The molecule has 0 saturated heterocycles. The van der Waals surface area contributed by atoms with Gasteiger partial charge in [-0.1, -0.05) is 12.8 Å². The summed E-state index contributed by atoms with van der Waals surface area (Å²) in [5, 5.41) is 3.19.